The van der Waals surface area contributed by atoms with Gasteiger partial charge < -0.3 is 20.8 Å². The standard InChI is InChI=1S/C21H28N2O5/c24-17-10-8-16(9-11-17)12-13-22-21(28)18(14-20(26)27)23-19(25)7-3-6-15-4-1-2-5-15/h3,7-11,15,18,24H,1-2,4-6,12-14H2,(H,22,28)(H,23,25)(H,26,27)/b7-3+/t18-/m1/s1. The minimum absolute atomic E-state index is 0.165. The molecule has 0 aromatic heterocycles. The lowest BCUT2D eigenvalue weighted by Gasteiger charge is -2.16. The topological polar surface area (TPSA) is 116 Å². The highest BCUT2D eigenvalue weighted by Gasteiger charge is 2.22. The van der Waals surface area contributed by atoms with E-state index in [1.165, 1.54) is 31.8 Å². The fourth-order valence-corrected chi connectivity index (χ4v) is 3.33. The SMILES string of the molecule is O=C(O)C[C@@H](NC(=O)/C=C/CC1CCCC1)C(=O)NCCc1ccc(O)cc1. The van der Waals surface area contributed by atoms with Gasteiger partial charge in [0.2, 0.25) is 11.8 Å². The predicted molar refractivity (Wildman–Crippen MR) is 105 cm³/mol. The fourth-order valence-electron chi connectivity index (χ4n) is 3.33. The predicted octanol–water partition coefficient (Wildman–Crippen LogP) is 2.15. The molecule has 0 spiro atoms. The van der Waals surface area contributed by atoms with Gasteiger partial charge in [0, 0.05) is 6.54 Å². The molecule has 0 saturated heterocycles. The molecule has 1 fully saturated rings. The van der Waals surface area contributed by atoms with E-state index in [0.717, 1.165) is 12.0 Å². The van der Waals surface area contributed by atoms with E-state index in [4.69, 9.17) is 5.11 Å². The molecule has 1 aliphatic carbocycles. The van der Waals surface area contributed by atoms with Gasteiger partial charge in [-0.1, -0.05) is 43.9 Å². The first-order chi connectivity index (χ1) is 13.4. The first-order valence-electron chi connectivity index (χ1n) is 9.68. The number of hydrogen-bond acceptors (Lipinski definition) is 4. The van der Waals surface area contributed by atoms with Gasteiger partial charge in [-0.05, 0) is 42.5 Å². The van der Waals surface area contributed by atoms with Gasteiger partial charge in [0.25, 0.3) is 0 Å². The highest BCUT2D eigenvalue weighted by molar-refractivity contribution is 5.94. The molecule has 1 aliphatic rings. The number of benzene rings is 1. The number of carboxylic acids is 1. The van der Waals surface area contributed by atoms with Crippen molar-refractivity contribution < 1.29 is 24.6 Å². The molecule has 28 heavy (non-hydrogen) atoms. The highest BCUT2D eigenvalue weighted by Crippen LogP contribution is 2.27. The lowest BCUT2D eigenvalue weighted by atomic mass is 10.0. The fraction of sp³-hybridized carbons (Fsp3) is 0.476. The van der Waals surface area contributed by atoms with Crippen molar-refractivity contribution >= 4 is 17.8 Å². The molecule has 2 rings (SSSR count). The Labute approximate surface area is 164 Å². The van der Waals surface area contributed by atoms with E-state index in [1.807, 2.05) is 0 Å². The van der Waals surface area contributed by atoms with Crippen molar-refractivity contribution in [2.24, 2.45) is 5.92 Å². The van der Waals surface area contributed by atoms with Crippen LogP contribution in [0.3, 0.4) is 0 Å². The van der Waals surface area contributed by atoms with Crippen LogP contribution in [0.25, 0.3) is 0 Å². The van der Waals surface area contributed by atoms with E-state index in [-0.39, 0.29) is 5.75 Å². The maximum atomic E-state index is 12.3. The summed E-state index contributed by atoms with van der Waals surface area (Å²) in [4.78, 5) is 35.4. The summed E-state index contributed by atoms with van der Waals surface area (Å²) in [6.45, 7) is 0.299. The number of aliphatic carboxylic acids is 1. The van der Waals surface area contributed by atoms with Crippen molar-refractivity contribution in [1.29, 1.82) is 0 Å². The molecule has 7 nitrogen and oxygen atoms in total. The normalized spacial score (nSPS) is 15.4. The van der Waals surface area contributed by atoms with Crippen LogP contribution >= 0.6 is 0 Å². The third-order valence-corrected chi connectivity index (χ3v) is 4.87. The van der Waals surface area contributed by atoms with Gasteiger partial charge in [-0.2, -0.15) is 0 Å². The molecule has 4 N–H and O–H groups in total. The second-order valence-corrected chi connectivity index (χ2v) is 7.16. The number of rotatable bonds is 10. The molecule has 0 bridgehead atoms. The van der Waals surface area contributed by atoms with E-state index in [1.54, 1.807) is 30.3 Å². The van der Waals surface area contributed by atoms with Gasteiger partial charge >= 0.3 is 5.97 Å². The Bertz CT molecular complexity index is 693. The molecule has 1 aromatic carbocycles. The quantitative estimate of drug-likeness (QED) is 0.458. The summed E-state index contributed by atoms with van der Waals surface area (Å²) in [7, 11) is 0. The second kappa shape index (κ2) is 11.1. The number of phenolic OH excluding ortho intramolecular Hbond substituents is 1. The number of carbonyl (C=O) groups excluding carboxylic acids is 2. The maximum Gasteiger partial charge on any atom is 0.305 e. The number of carbonyl (C=O) groups is 3. The van der Waals surface area contributed by atoms with Crippen molar-refractivity contribution in [2.45, 2.75) is 51.0 Å². The number of nitrogens with one attached hydrogen (secondary N) is 2. The summed E-state index contributed by atoms with van der Waals surface area (Å²) in [5.41, 5.74) is 0.923. The van der Waals surface area contributed by atoms with Crippen LogP contribution in [0.1, 0.15) is 44.1 Å². The van der Waals surface area contributed by atoms with Crippen LogP contribution in [0.15, 0.2) is 36.4 Å². The minimum Gasteiger partial charge on any atom is -0.508 e. The van der Waals surface area contributed by atoms with Crippen LogP contribution < -0.4 is 10.6 Å². The summed E-state index contributed by atoms with van der Waals surface area (Å²) in [6, 6.07) is 5.48. The van der Waals surface area contributed by atoms with E-state index < -0.39 is 30.2 Å². The molecular weight excluding hydrogens is 360 g/mol. The Morgan fingerprint density at radius 2 is 1.82 bits per heavy atom. The molecule has 1 atom stereocenters. The lowest BCUT2D eigenvalue weighted by Crippen LogP contribution is -2.47. The number of amides is 2. The van der Waals surface area contributed by atoms with Crippen LogP contribution in [-0.2, 0) is 20.8 Å². The number of hydrogen-bond donors (Lipinski definition) is 4. The summed E-state index contributed by atoms with van der Waals surface area (Å²) in [5.74, 6) is -1.37. The molecule has 152 valence electrons. The maximum absolute atomic E-state index is 12.3. The molecular formula is C21H28N2O5. The molecule has 0 radical (unpaired) electrons. The highest BCUT2D eigenvalue weighted by atomic mass is 16.4. The second-order valence-electron chi connectivity index (χ2n) is 7.16. The van der Waals surface area contributed by atoms with Crippen molar-refractivity contribution in [1.82, 2.24) is 10.6 Å². The lowest BCUT2D eigenvalue weighted by molar-refractivity contribution is -0.140. The average Bonchev–Trinajstić information content (AvgIpc) is 3.16. The third-order valence-electron chi connectivity index (χ3n) is 4.87. The van der Waals surface area contributed by atoms with Gasteiger partial charge in [0.05, 0.1) is 6.42 Å². The molecule has 1 aromatic rings. The summed E-state index contributed by atoms with van der Waals surface area (Å²) in [6.07, 6.45) is 8.88. The Balaban J connectivity index is 1.80. The van der Waals surface area contributed by atoms with Crippen LogP contribution in [0.5, 0.6) is 5.75 Å². The summed E-state index contributed by atoms with van der Waals surface area (Å²) < 4.78 is 0. The number of aromatic hydroxyl groups is 1. The zero-order valence-electron chi connectivity index (χ0n) is 15.9. The van der Waals surface area contributed by atoms with Crippen LogP contribution in [0.4, 0.5) is 0 Å². The molecule has 1 saturated carbocycles. The largest absolute Gasteiger partial charge is 0.508 e. The average molecular weight is 388 g/mol. The van der Waals surface area contributed by atoms with E-state index >= 15 is 0 Å². The zero-order valence-corrected chi connectivity index (χ0v) is 15.9. The Morgan fingerprint density at radius 3 is 2.46 bits per heavy atom. The Hall–Kier alpha value is -2.83. The van der Waals surface area contributed by atoms with E-state index in [2.05, 4.69) is 10.6 Å². The van der Waals surface area contributed by atoms with E-state index in [0.29, 0.717) is 18.9 Å². The van der Waals surface area contributed by atoms with Gasteiger partial charge in [-0.15, -0.1) is 0 Å². The number of allylic oxidation sites excluding steroid dienone is 1. The van der Waals surface area contributed by atoms with Crippen LogP contribution in [-0.4, -0.2) is 40.6 Å². The molecule has 2 amide bonds. The summed E-state index contributed by atoms with van der Waals surface area (Å²) >= 11 is 0. The van der Waals surface area contributed by atoms with Crippen molar-refractivity contribution in [2.75, 3.05) is 6.54 Å². The zero-order chi connectivity index (χ0) is 20.4. The number of phenols is 1. The molecule has 0 unspecified atom stereocenters. The third kappa shape index (κ3) is 7.82. The van der Waals surface area contributed by atoms with Gasteiger partial charge in [0.15, 0.2) is 0 Å². The minimum atomic E-state index is -1.16. The van der Waals surface area contributed by atoms with Crippen molar-refractivity contribution in [3.8, 4) is 5.75 Å². The number of carboxylic acid groups (broad SMARTS) is 1. The molecule has 7 heteroatoms. The van der Waals surface area contributed by atoms with E-state index in [9.17, 15) is 19.5 Å². The van der Waals surface area contributed by atoms with Gasteiger partial charge in [0.1, 0.15) is 11.8 Å². The van der Waals surface area contributed by atoms with Crippen LogP contribution in [0.2, 0.25) is 0 Å². The molecule has 0 aliphatic heterocycles. The van der Waals surface area contributed by atoms with Crippen LogP contribution in [0, 0.1) is 5.92 Å². The molecule has 0 heterocycles. The first kappa shape index (κ1) is 21.5. The van der Waals surface area contributed by atoms with Crippen molar-refractivity contribution in [3.05, 3.63) is 42.0 Å². The van der Waals surface area contributed by atoms with Gasteiger partial charge in [-0.25, -0.2) is 0 Å². The summed E-state index contributed by atoms with van der Waals surface area (Å²) in [5, 5.41) is 23.4. The van der Waals surface area contributed by atoms with Crippen molar-refractivity contribution in [3.63, 3.8) is 0 Å². The Morgan fingerprint density at radius 1 is 1.14 bits per heavy atom. The van der Waals surface area contributed by atoms with Gasteiger partial charge in [-0.3, -0.25) is 14.4 Å². The monoisotopic (exact) mass is 388 g/mol. The Kier molecular flexibility index (Phi) is 8.52. The smallest absolute Gasteiger partial charge is 0.305 e. The first-order valence-corrected chi connectivity index (χ1v) is 9.68.